The van der Waals surface area contributed by atoms with E-state index in [0.29, 0.717) is 5.69 Å². The first-order chi connectivity index (χ1) is 12.5. The van der Waals surface area contributed by atoms with Gasteiger partial charge in [0.15, 0.2) is 0 Å². The van der Waals surface area contributed by atoms with Crippen LogP contribution in [0.3, 0.4) is 0 Å². The van der Waals surface area contributed by atoms with Gasteiger partial charge in [0, 0.05) is 19.8 Å². The molecule has 0 aliphatic heterocycles. The molecule has 0 saturated carbocycles. The smallest absolute Gasteiger partial charge is 0.304 e. The van der Waals surface area contributed by atoms with E-state index in [1.54, 1.807) is 0 Å². The van der Waals surface area contributed by atoms with Crippen molar-refractivity contribution in [3.63, 3.8) is 0 Å². The van der Waals surface area contributed by atoms with E-state index in [2.05, 4.69) is 5.32 Å². The number of carbonyl (C=O) groups is 1. The lowest BCUT2D eigenvalue weighted by Crippen LogP contribution is -2.44. The van der Waals surface area contributed by atoms with Crippen LogP contribution >= 0.6 is 0 Å². The number of benzene rings is 2. The maximum absolute atomic E-state index is 14.2. The predicted molar refractivity (Wildman–Crippen MR) is 106 cm³/mol. The summed E-state index contributed by atoms with van der Waals surface area (Å²) < 4.78 is 41.2. The van der Waals surface area contributed by atoms with Crippen molar-refractivity contribution in [3.8, 4) is 0 Å². The number of halogens is 1. The molecule has 146 valence electrons. The third-order valence-corrected chi connectivity index (χ3v) is 5.90. The molecule has 2 aromatic rings. The van der Waals surface area contributed by atoms with Crippen molar-refractivity contribution in [2.75, 3.05) is 30.3 Å². The molecule has 2 aromatic carbocycles. The van der Waals surface area contributed by atoms with E-state index < -0.39 is 28.5 Å². The van der Waals surface area contributed by atoms with Crippen LogP contribution in [-0.4, -0.2) is 39.3 Å². The van der Waals surface area contributed by atoms with Crippen LogP contribution in [0, 0.1) is 26.6 Å². The number of para-hydroxylation sites is 1. The van der Waals surface area contributed by atoms with Crippen LogP contribution in [0.2, 0.25) is 0 Å². The monoisotopic (exact) mass is 393 g/mol. The Morgan fingerprint density at radius 3 is 2.15 bits per heavy atom. The highest BCUT2D eigenvalue weighted by Gasteiger charge is 2.29. The number of hydrogen-bond acceptors (Lipinski definition) is 3. The number of anilines is 2. The minimum atomic E-state index is -4.06. The zero-order valence-electron chi connectivity index (χ0n) is 16.1. The standard InChI is InChI=1S/C19H24FN3O3S/c1-13-10-14(2)19(15(3)11-13)21-18(24)12-23(27(25,26)22(4)5)17-9-7-6-8-16(17)20/h6-11H,12H2,1-5H3,(H,21,24). The number of hydrogen-bond donors (Lipinski definition) is 1. The Morgan fingerprint density at radius 1 is 1.07 bits per heavy atom. The molecular weight excluding hydrogens is 369 g/mol. The van der Waals surface area contributed by atoms with Gasteiger partial charge in [-0.15, -0.1) is 0 Å². The molecule has 0 aromatic heterocycles. The van der Waals surface area contributed by atoms with E-state index in [1.807, 2.05) is 32.9 Å². The molecule has 0 aliphatic carbocycles. The van der Waals surface area contributed by atoms with Crippen molar-refractivity contribution >= 4 is 27.5 Å². The fourth-order valence-corrected chi connectivity index (χ4v) is 3.90. The largest absolute Gasteiger partial charge is 0.324 e. The molecule has 0 spiro atoms. The van der Waals surface area contributed by atoms with Crippen molar-refractivity contribution in [3.05, 3.63) is 58.9 Å². The summed E-state index contributed by atoms with van der Waals surface area (Å²) in [5, 5.41) is 2.75. The van der Waals surface area contributed by atoms with Gasteiger partial charge in [0.1, 0.15) is 12.4 Å². The summed E-state index contributed by atoms with van der Waals surface area (Å²) in [6.07, 6.45) is 0. The van der Waals surface area contributed by atoms with Gasteiger partial charge in [-0.3, -0.25) is 4.79 Å². The maximum atomic E-state index is 14.2. The molecule has 0 aliphatic rings. The molecule has 1 N–H and O–H groups in total. The van der Waals surface area contributed by atoms with Crippen LogP contribution in [0.5, 0.6) is 0 Å². The van der Waals surface area contributed by atoms with Crippen molar-refractivity contribution in [1.29, 1.82) is 0 Å². The topological polar surface area (TPSA) is 69.7 Å². The second kappa shape index (κ2) is 8.06. The minimum Gasteiger partial charge on any atom is -0.324 e. The van der Waals surface area contributed by atoms with E-state index in [-0.39, 0.29) is 5.69 Å². The zero-order valence-corrected chi connectivity index (χ0v) is 16.9. The second-order valence-electron chi connectivity index (χ2n) is 6.57. The Kier molecular flexibility index (Phi) is 6.22. The van der Waals surface area contributed by atoms with E-state index >= 15 is 0 Å². The Morgan fingerprint density at radius 2 is 1.63 bits per heavy atom. The molecule has 0 radical (unpaired) electrons. The van der Waals surface area contributed by atoms with E-state index in [4.69, 9.17) is 0 Å². The molecule has 0 bridgehead atoms. The summed E-state index contributed by atoms with van der Waals surface area (Å²) in [5.74, 6) is -1.28. The van der Waals surface area contributed by atoms with Crippen molar-refractivity contribution in [2.24, 2.45) is 0 Å². The summed E-state index contributed by atoms with van der Waals surface area (Å²) in [4.78, 5) is 12.6. The van der Waals surface area contributed by atoms with E-state index in [9.17, 15) is 17.6 Å². The Labute approximate surface area is 159 Å². The first-order valence-electron chi connectivity index (χ1n) is 8.36. The highest BCUT2D eigenvalue weighted by Crippen LogP contribution is 2.25. The Bertz CT molecular complexity index is 935. The van der Waals surface area contributed by atoms with Gasteiger partial charge in [-0.05, 0) is 44.0 Å². The third-order valence-electron chi connectivity index (χ3n) is 4.09. The number of aryl methyl sites for hydroxylation is 3. The molecule has 0 heterocycles. The molecule has 0 atom stereocenters. The number of carbonyl (C=O) groups excluding carboxylic acids is 1. The molecular formula is C19H24FN3O3S. The van der Waals surface area contributed by atoms with Crippen LogP contribution in [-0.2, 0) is 15.0 Å². The lowest BCUT2D eigenvalue weighted by molar-refractivity contribution is -0.114. The lowest BCUT2D eigenvalue weighted by Gasteiger charge is -2.27. The molecule has 0 fully saturated rings. The van der Waals surface area contributed by atoms with Gasteiger partial charge in [0.25, 0.3) is 0 Å². The van der Waals surface area contributed by atoms with Gasteiger partial charge in [-0.25, -0.2) is 8.70 Å². The Balaban J connectivity index is 2.37. The zero-order chi connectivity index (χ0) is 20.4. The van der Waals surface area contributed by atoms with Gasteiger partial charge in [0.05, 0.1) is 5.69 Å². The summed E-state index contributed by atoms with van der Waals surface area (Å²) >= 11 is 0. The summed E-state index contributed by atoms with van der Waals surface area (Å²) in [7, 11) is -1.41. The first-order valence-corrected chi connectivity index (χ1v) is 9.76. The molecule has 27 heavy (non-hydrogen) atoms. The highest BCUT2D eigenvalue weighted by atomic mass is 32.2. The molecule has 1 amide bonds. The SMILES string of the molecule is Cc1cc(C)c(NC(=O)CN(c2ccccc2F)S(=O)(=O)N(C)C)c(C)c1. The van der Waals surface area contributed by atoms with Crippen LogP contribution in [0.4, 0.5) is 15.8 Å². The van der Waals surface area contributed by atoms with Gasteiger partial charge in [-0.1, -0.05) is 29.8 Å². The number of nitrogens with one attached hydrogen (secondary N) is 1. The normalized spacial score (nSPS) is 11.5. The molecule has 6 nitrogen and oxygen atoms in total. The summed E-state index contributed by atoms with van der Waals surface area (Å²) in [6, 6.07) is 9.30. The van der Waals surface area contributed by atoms with Crippen molar-refractivity contribution < 1.29 is 17.6 Å². The Hall–Kier alpha value is -2.45. The van der Waals surface area contributed by atoms with E-state index in [0.717, 1.165) is 31.4 Å². The molecule has 0 unspecified atom stereocenters. The molecule has 8 heteroatoms. The van der Waals surface area contributed by atoms with Crippen molar-refractivity contribution in [1.82, 2.24) is 4.31 Å². The number of rotatable bonds is 6. The van der Waals surface area contributed by atoms with Gasteiger partial charge < -0.3 is 5.32 Å². The van der Waals surface area contributed by atoms with Crippen molar-refractivity contribution in [2.45, 2.75) is 20.8 Å². The first kappa shape index (κ1) is 20.9. The predicted octanol–water partition coefficient (Wildman–Crippen LogP) is 3.00. The third kappa shape index (κ3) is 4.64. The summed E-state index contributed by atoms with van der Waals surface area (Å²) in [6.45, 7) is 5.13. The second-order valence-corrected chi connectivity index (χ2v) is 8.64. The fourth-order valence-electron chi connectivity index (χ4n) is 2.83. The average Bonchev–Trinajstić information content (AvgIpc) is 2.56. The summed E-state index contributed by atoms with van der Waals surface area (Å²) in [5.41, 5.74) is 3.24. The fraction of sp³-hybridized carbons (Fsp3) is 0.316. The van der Waals surface area contributed by atoms with Gasteiger partial charge in [0.2, 0.25) is 5.91 Å². The van der Waals surface area contributed by atoms with Crippen LogP contribution in [0.1, 0.15) is 16.7 Å². The minimum absolute atomic E-state index is 0.182. The highest BCUT2D eigenvalue weighted by molar-refractivity contribution is 7.90. The van der Waals surface area contributed by atoms with Gasteiger partial charge in [-0.2, -0.15) is 12.7 Å². The maximum Gasteiger partial charge on any atom is 0.304 e. The molecule has 2 rings (SSSR count). The van der Waals surface area contributed by atoms with Crippen LogP contribution in [0.15, 0.2) is 36.4 Å². The lowest BCUT2D eigenvalue weighted by atomic mass is 10.1. The quantitative estimate of drug-likeness (QED) is 0.820. The van der Waals surface area contributed by atoms with Gasteiger partial charge >= 0.3 is 10.2 Å². The van der Waals surface area contributed by atoms with Crippen LogP contribution in [0.25, 0.3) is 0 Å². The molecule has 0 saturated heterocycles. The van der Waals surface area contributed by atoms with E-state index in [1.165, 1.54) is 32.3 Å². The average molecular weight is 393 g/mol. The number of amides is 1. The number of nitrogens with zero attached hydrogens (tertiary/aromatic N) is 2. The van der Waals surface area contributed by atoms with Crippen LogP contribution < -0.4 is 9.62 Å².